The van der Waals surface area contributed by atoms with Crippen LogP contribution in [0.4, 0.5) is 0 Å². The lowest BCUT2D eigenvalue weighted by atomic mass is 9.63. The second-order valence-corrected chi connectivity index (χ2v) is 6.34. The van der Waals surface area contributed by atoms with E-state index < -0.39 is 0 Å². The molecule has 1 saturated carbocycles. The van der Waals surface area contributed by atoms with Crippen LogP contribution in [0.15, 0.2) is 24.3 Å². The van der Waals surface area contributed by atoms with Crippen LogP contribution in [0.2, 0.25) is 0 Å². The Kier molecular flexibility index (Phi) is 4.17. The van der Waals surface area contributed by atoms with E-state index in [0.29, 0.717) is 18.4 Å². The predicted octanol–water partition coefficient (Wildman–Crippen LogP) is 4.12. The van der Waals surface area contributed by atoms with Crippen molar-refractivity contribution in [1.29, 1.82) is 0 Å². The molecule has 0 radical (unpaired) electrons. The summed E-state index contributed by atoms with van der Waals surface area (Å²) in [6.45, 7) is 11.0. The minimum atomic E-state index is 0.00260. The molecule has 0 saturated heterocycles. The van der Waals surface area contributed by atoms with Gasteiger partial charge in [-0.1, -0.05) is 38.2 Å². The summed E-state index contributed by atoms with van der Waals surface area (Å²) in [6, 6.07) is 0. The second kappa shape index (κ2) is 5.52. The molecule has 2 nitrogen and oxygen atoms in total. The molecule has 0 unspecified atom stereocenters. The van der Waals surface area contributed by atoms with Crippen molar-refractivity contribution in [1.82, 2.24) is 0 Å². The third kappa shape index (κ3) is 2.50. The lowest BCUT2D eigenvalue weighted by Gasteiger charge is -2.41. The molecule has 2 aliphatic rings. The molecule has 0 aromatic heterocycles. The number of hydrogen-bond acceptors (Lipinski definition) is 2. The Bertz CT molecular complexity index is 394. The van der Waals surface area contributed by atoms with Crippen molar-refractivity contribution in [3.8, 4) is 0 Å². The van der Waals surface area contributed by atoms with Gasteiger partial charge in [-0.2, -0.15) is 0 Å². The zero-order valence-corrected chi connectivity index (χ0v) is 12.4. The molecule has 0 aliphatic heterocycles. The fourth-order valence-corrected chi connectivity index (χ4v) is 4.09. The monoisotopic (exact) mass is 262 g/mol. The van der Waals surface area contributed by atoms with E-state index in [1.165, 1.54) is 5.57 Å². The Balaban J connectivity index is 2.32. The zero-order chi connectivity index (χ0) is 14.0. The largest absolute Gasteiger partial charge is 0.466 e. The van der Waals surface area contributed by atoms with E-state index in [2.05, 4.69) is 32.6 Å². The van der Waals surface area contributed by atoms with E-state index in [1.807, 2.05) is 6.92 Å². The van der Waals surface area contributed by atoms with Gasteiger partial charge in [0.05, 0.1) is 12.5 Å². The van der Waals surface area contributed by atoms with Crippen LogP contribution in [0.5, 0.6) is 0 Å². The zero-order valence-electron chi connectivity index (χ0n) is 12.4. The van der Waals surface area contributed by atoms with Crippen LogP contribution in [-0.4, -0.2) is 12.6 Å². The predicted molar refractivity (Wildman–Crippen MR) is 77.6 cm³/mol. The summed E-state index contributed by atoms with van der Waals surface area (Å²) in [6.07, 6.45) is 8.58. The Morgan fingerprint density at radius 1 is 1.53 bits per heavy atom. The van der Waals surface area contributed by atoms with Gasteiger partial charge in [0.2, 0.25) is 0 Å². The van der Waals surface area contributed by atoms with Crippen LogP contribution < -0.4 is 0 Å². The number of hydrogen-bond donors (Lipinski definition) is 0. The SMILES string of the molecule is C=C1C=C[C@]2(CC1)[C@@H](C(=O)OCC)CC[C@H]2C(C)C. The first kappa shape index (κ1) is 14.4. The van der Waals surface area contributed by atoms with Crippen molar-refractivity contribution < 1.29 is 9.53 Å². The van der Waals surface area contributed by atoms with Crippen molar-refractivity contribution in [3.63, 3.8) is 0 Å². The Hall–Kier alpha value is -1.05. The topological polar surface area (TPSA) is 26.3 Å². The van der Waals surface area contributed by atoms with Crippen LogP contribution in [0.3, 0.4) is 0 Å². The van der Waals surface area contributed by atoms with Gasteiger partial charge in [0, 0.05) is 5.41 Å². The standard InChI is InChI=1S/C17H26O2/c1-5-19-16(18)15-7-6-14(12(2)3)17(15)10-8-13(4)9-11-17/h8,10,12,14-15H,4-7,9,11H2,1-3H3/t14-,15+,17+/m0/s1. The van der Waals surface area contributed by atoms with Crippen molar-refractivity contribution in [2.45, 2.75) is 46.5 Å². The van der Waals surface area contributed by atoms with E-state index in [1.54, 1.807) is 0 Å². The van der Waals surface area contributed by atoms with Crippen LogP contribution in [0, 0.1) is 23.2 Å². The molecule has 0 aromatic carbocycles. The number of carbonyl (C=O) groups is 1. The lowest BCUT2D eigenvalue weighted by molar-refractivity contribution is -0.151. The molecule has 19 heavy (non-hydrogen) atoms. The van der Waals surface area contributed by atoms with Crippen LogP contribution in [0.25, 0.3) is 0 Å². The molecular formula is C17H26O2. The lowest BCUT2D eigenvalue weighted by Crippen LogP contribution is -2.38. The van der Waals surface area contributed by atoms with Crippen LogP contribution in [-0.2, 0) is 9.53 Å². The first-order chi connectivity index (χ1) is 9.01. The summed E-state index contributed by atoms with van der Waals surface area (Å²) in [5, 5.41) is 0. The van der Waals surface area contributed by atoms with E-state index in [9.17, 15) is 4.79 Å². The normalized spacial score (nSPS) is 34.2. The highest BCUT2D eigenvalue weighted by Crippen LogP contribution is 2.57. The second-order valence-electron chi connectivity index (χ2n) is 6.34. The highest BCUT2D eigenvalue weighted by Gasteiger charge is 2.53. The van der Waals surface area contributed by atoms with E-state index >= 15 is 0 Å². The van der Waals surface area contributed by atoms with Gasteiger partial charge in [0.1, 0.15) is 0 Å². The Morgan fingerprint density at radius 3 is 2.79 bits per heavy atom. The number of esters is 1. The maximum Gasteiger partial charge on any atom is 0.309 e. The number of carbonyl (C=O) groups excluding carboxylic acids is 1. The molecule has 1 spiro atoms. The molecule has 2 rings (SSSR count). The van der Waals surface area contributed by atoms with Crippen molar-refractivity contribution >= 4 is 5.97 Å². The minimum absolute atomic E-state index is 0.00260. The molecule has 2 aliphatic carbocycles. The van der Waals surface area contributed by atoms with E-state index in [4.69, 9.17) is 4.74 Å². The number of ether oxygens (including phenoxy) is 1. The molecule has 0 amide bonds. The maximum atomic E-state index is 12.3. The van der Waals surface area contributed by atoms with Gasteiger partial charge in [-0.05, 0) is 44.4 Å². The molecule has 3 atom stereocenters. The molecule has 1 fully saturated rings. The average Bonchev–Trinajstić information content (AvgIpc) is 2.73. The van der Waals surface area contributed by atoms with E-state index in [-0.39, 0.29) is 17.3 Å². The van der Waals surface area contributed by atoms with Gasteiger partial charge in [0.25, 0.3) is 0 Å². The molecule has 0 N–H and O–H groups in total. The first-order valence-corrected chi connectivity index (χ1v) is 7.55. The number of allylic oxidation sites excluding steroid dienone is 3. The molecule has 0 aromatic rings. The fourth-order valence-electron chi connectivity index (χ4n) is 4.09. The van der Waals surface area contributed by atoms with Crippen molar-refractivity contribution in [2.75, 3.05) is 6.61 Å². The van der Waals surface area contributed by atoms with Crippen molar-refractivity contribution in [2.24, 2.45) is 23.2 Å². The Morgan fingerprint density at radius 2 is 2.26 bits per heavy atom. The molecular weight excluding hydrogens is 236 g/mol. The van der Waals surface area contributed by atoms with Gasteiger partial charge in [-0.3, -0.25) is 4.79 Å². The van der Waals surface area contributed by atoms with Crippen LogP contribution >= 0.6 is 0 Å². The molecule has 0 heterocycles. The first-order valence-electron chi connectivity index (χ1n) is 7.55. The fraction of sp³-hybridized carbons (Fsp3) is 0.706. The molecule has 0 bridgehead atoms. The summed E-state index contributed by atoms with van der Waals surface area (Å²) < 4.78 is 5.31. The molecule has 106 valence electrons. The molecule has 2 heteroatoms. The summed E-state index contributed by atoms with van der Waals surface area (Å²) in [5.74, 6) is 1.24. The van der Waals surface area contributed by atoms with Gasteiger partial charge in [0.15, 0.2) is 0 Å². The Labute approximate surface area is 116 Å². The maximum absolute atomic E-state index is 12.3. The van der Waals surface area contributed by atoms with Gasteiger partial charge < -0.3 is 4.74 Å². The average molecular weight is 262 g/mol. The quantitative estimate of drug-likeness (QED) is 0.715. The summed E-state index contributed by atoms with van der Waals surface area (Å²) in [5.41, 5.74) is 1.20. The van der Waals surface area contributed by atoms with Crippen LogP contribution in [0.1, 0.15) is 46.5 Å². The smallest absolute Gasteiger partial charge is 0.309 e. The van der Waals surface area contributed by atoms with Gasteiger partial charge >= 0.3 is 5.97 Å². The van der Waals surface area contributed by atoms with Gasteiger partial charge in [-0.15, -0.1) is 0 Å². The van der Waals surface area contributed by atoms with E-state index in [0.717, 1.165) is 25.7 Å². The number of rotatable bonds is 3. The van der Waals surface area contributed by atoms with Gasteiger partial charge in [-0.25, -0.2) is 0 Å². The minimum Gasteiger partial charge on any atom is -0.466 e. The third-order valence-corrected chi connectivity index (χ3v) is 4.99. The summed E-state index contributed by atoms with van der Waals surface area (Å²) in [7, 11) is 0. The summed E-state index contributed by atoms with van der Waals surface area (Å²) >= 11 is 0. The third-order valence-electron chi connectivity index (χ3n) is 4.99. The highest BCUT2D eigenvalue weighted by molar-refractivity contribution is 5.74. The van der Waals surface area contributed by atoms with Crippen molar-refractivity contribution in [3.05, 3.63) is 24.3 Å². The highest BCUT2D eigenvalue weighted by atomic mass is 16.5. The summed E-state index contributed by atoms with van der Waals surface area (Å²) in [4.78, 5) is 12.3.